The lowest BCUT2D eigenvalue weighted by Gasteiger charge is -2.12. The Labute approximate surface area is 213 Å². The standard InChI is InChI=1S/C30H23N3O4/c1-18-5-4-12-33-15-21(31-29(18)33)16-35-30(34)27-22-6-2-3-7-24(22)32-28-20(9-10-23(27)28)13-19-8-11-25-26(14-19)37-17-36-25/h2-8,11-15H,9-10,16-17H2,1H3/b20-13+. The fourth-order valence-electron chi connectivity index (χ4n) is 5.20. The second-order valence-electron chi connectivity index (χ2n) is 9.34. The van der Waals surface area contributed by atoms with E-state index in [4.69, 9.17) is 19.2 Å². The average Bonchev–Trinajstić information content (AvgIpc) is 3.65. The van der Waals surface area contributed by atoms with E-state index in [1.54, 1.807) is 0 Å². The Balaban J connectivity index is 1.24. The third-order valence-electron chi connectivity index (χ3n) is 6.96. The van der Waals surface area contributed by atoms with E-state index in [-0.39, 0.29) is 19.4 Å². The molecule has 0 unspecified atom stereocenters. The number of esters is 1. The number of para-hydroxylation sites is 1. The molecule has 4 heterocycles. The number of pyridine rings is 2. The normalized spacial score (nSPS) is 15.0. The van der Waals surface area contributed by atoms with E-state index in [1.807, 2.05) is 78.3 Å². The van der Waals surface area contributed by atoms with Crippen molar-refractivity contribution in [1.29, 1.82) is 0 Å². The van der Waals surface area contributed by atoms with E-state index in [9.17, 15) is 4.79 Å². The summed E-state index contributed by atoms with van der Waals surface area (Å²) in [5.41, 5.74) is 7.89. The van der Waals surface area contributed by atoms with Gasteiger partial charge < -0.3 is 18.6 Å². The molecule has 0 fully saturated rings. The zero-order chi connectivity index (χ0) is 24.9. The maximum Gasteiger partial charge on any atom is 0.339 e. The molecule has 1 aliphatic heterocycles. The molecule has 0 N–H and O–H groups in total. The Morgan fingerprint density at radius 3 is 2.86 bits per heavy atom. The summed E-state index contributed by atoms with van der Waals surface area (Å²) in [6.07, 6.45) is 7.47. The maximum atomic E-state index is 13.5. The van der Waals surface area contributed by atoms with Crippen molar-refractivity contribution in [2.75, 3.05) is 6.79 Å². The van der Waals surface area contributed by atoms with Gasteiger partial charge in [-0.2, -0.15) is 0 Å². The average molecular weight is 490 g/mol. The molecule has 37 heavy (non-hydrogen) atoms. The van der Waals surface area contributed by atoms with Crippen molar-refractivity contribution in [2.24, 2.45) is 0 Å². The van der Waals surface area contributed by atoms with Crippen LogP contribution in [0.15, 0.2) is 67.0 Å². The number of ether oxygens (including phenoxy) is 3. The van der Waals surface area contributed by atoms with Gasteiger partial charge in [0.1, 0.15) is 12.3 Å². The van der Waals surface area contributed by atoms with Crippen LogP contribution in [0.2, 0.25) is 0 Å². The molecule has 0 saturated heterocycles. The van der Waals surface area contributed by atoms with Gasteiger partial charge >= 0.3 is 5.97 Å². The van der Waals surface area contributed by atoms with Gasteiger partial charge in [0.15, 0.2) is 11.5 Å². The van der Waals surface area contributed by atoms with Crippen LogP contribution in [0.3, 0.4) is 0 Å². The Morgan fingerprint density at radius 2 is 1.95 bits per heavy atom. The van der Waals surface area contributed by atoms with Crippen LogP contribution in [0, 0.1) is 6.92 Å². The number of aromatic nitrogens is 3. The summed E-state index contributed by atoms with van der Waals surface area (Å²) in [7, 11) is 0. The van der Waals surface area contributed by atoms with Crippen molar-refractivity contribution in [3.05, 3.63) is 101 Å². The molecule has 7 nitrogen and oxygen atoms in total. The fourth-order valence-corrected chi connectivity index (χ4v) is 5.20. The molecule has 0 atom stereocenters. The highest BCUT2D eigenvalue weighted by molar-refractivity contribution is 6.07. The molecular formula is C30H23N3O4. The fraction of sp³-hybridized carbons (Fsp3) is 0.167. The lowest BCUT2D eigenvalue weighted by molar-refractivity contribution is 0.0469. The molecule has 0 amide bonds. The summed E-state index contributed by atoms with van der Waals surface area (Å²) in [4.78, 5) is 23.1. The minimum atomic E-state index is -0.354. The van der Waals surface area contributed by atoms with E-state index in [2.05, 4.69) is 11.1 Å². The minimum absolute atomic E-state index is 0.102. The summed E-state index contributed by atoms with van der Waals surface area (Å²) in [5.74, 6) is 1.14. The third-order valence-corrected chi connectivity index (χ3v) is 6.96. The number of carbonyl (C=O) groups excluding carboxylic acids is 1. The third kappa shape index (κ3) is 3.71. The number of fused-ring (bicyclic) bond motifs is 4. The number of benzene rings is 2. The summed E-state index contributed by atoms with van der Waals surface area (Å²) in [5, 5.41) is 0.807. The first kappa shape index (κ1) is 21.6. The summed E-state index contributed by atoms with van der Waals surface area (Å²) in [6.45, 7) is 2.36. The molecular weight excluding hydrogens is 466 g/mol. The van der Waals surface area contributed by atoms with Crippen LogP contribution >= 0.6 is 0 Å². The van der Waals surface area contributed by atoms with Crippen molar-refractivity contribution in [2.45, 2.75) is 26.4 Å². The van der Waals surface area contributed by atoms with Gasteiger partial charge in [-0.15, -0.1) is 0 Å². The van der Waals surface area contributed by atoms with Crippen molar-refractivity contribution in [3.8, 4) is 11.5 Å². The maximum absolute atomic E-state index is 13.5. The molecule has 7 heteroatoms. The Morgan fingerprint density at radius 1 is 1.05 bits per heavy atom. The van der Waals surface area contributed by atoms with Crippen LogP contribution in [0.25, 0.3) is 28.2 Å². The van der Waals surface area contributed by atoms with E-state index < -0.39 is 0 Å². The van der Waals surface area contributed by atoms with E-state index in [0.29, 0.717) is 11.3 Å². The van der Waals surface area contributed by atoms with Gasteiger partial charge in [0, 0.05) is 17.8 Å². The lowest BCUT2D eigenvalue weighted by Crippen LogP contribution is -2.10. The van der Waals surface area contributed by atoms with E-state index >= 15 is 0 Å². The summed E-state index contributed by atoms with van der Waals surface area (Å²) in [6, 6.07) is 17.6. The van der Waals surface area contributed by atoms with Gasteiger partial charge in [-0.25, -0.2) is 14.8 Å². The van der Waals surface area contributed by atoms with Crippen LogP contribution in [0.1, 0.15) is 44.9 Å². The zero-order valence-corrected chi connectivity index (χ0v) is 20.2. The molecule has 0 saturated carbocycles. The van der Waals surface area contributed by atoms with E-state index in [0.717, 1.165) is 68.8 Å². The zero-order valence-electron chi connectivity index (χ0n) is 20.2. The van der Waals surface area contributed by atoms with Crippen LogP contribution in [0.4, 0.5) is 0 Å². The number of nitrogens with zero attached hydrogens (tertiary/aromatic N) is 3. The lowest BCUT2D eigenvalue weighted by atomic mass is 10.0. The number of hydrogen-bond donors (Lipinski definition) is 0. The molecule has 3 aromatic heterocycles. The molecule has 0 bridgehead atoms. The Kier molecular flexibility index (Phi) is 4.96. The van der Waals surface area contributed by atoms with Gasteiger partial charge in [0.05, 0.1) is 22.5 Å². The number of rotatable bonds is 4. The van der Waals surface area contributed by atoms with Gasteiger partial charge in [0.25, 0.3) is 0 Å². The van der Waals surface area contributed by atoms with Crippen molar-refractivity contribution in [3.63, 3.8) is 0 Å². The Bertz CT molecular complexity index is 1750. The molecule has 7 rings (SSSR count). The van der Waals surface area contributed by atoms with Crippen molar-refractivity contribution >= 4 is 34.2 Å². The second kappa shape index (κ2) is 8.48. The minimum Gasteiger partial charge on any atom is -0.455 e. The molecule has 1 aliphatic carbocycles. The molecule has 5 aromatic rings. The van der Waals surface area contributed by atoms with Crippen LogP contribution in [0.5, 0.6) is 11.5 Å². The van der Waals surface area contributed by atoms with Gasteiger partial charge in [0.2, 0.25) is 6.79 Å². The topological polar surface area (TPSA) is 75.0 Å². The highest BCUT2D eigenvalue weighted by Crippen LogP contribution is 2.39. The highest BCUT2D eigenvalue weighted by atomic mass is 16.7. The molecule has 2 aliphatic rings. The van der Waals surface area contributed by atoms with Gasteiger partial charge in [-0.3, -0.25) is 0 Å². The second-order valence-corrected chi connectivity index (χ2v) is 9.34. The number of aryl methyl sites for hydroxylation is 1. The largest absolute Gasteiger partial charge is 0.455 e. The molecule has 2 aromatic carbocycles. The van der Waals surface area contributed by atoms with Crippen LogP contribution in [-0.2, 0) is 17.8 Å². The first-order valence-corrected chi connectivity index (χ1v) is 12.3. The predicted molar refractivity (Wildman–Crippen MR) is 140 cm³/mol. The number of hydrogen-bond acceptors (Lipinski definition) is 6. The first-order valence-electron chi connectivity index (χ1n) is 12.3. The first-order chi connectivity index (χ1) is 18.1. The predicted octanol–water partition coefficient (Wildman–Crippen LogP) is 5.76. The number of allylic oxidation sites excluding steroid dienone is 1. The summed E-state index contributed by atoms with van der Waals surface area (Å²) >= 11 is 0. The molecule has 0 radical (unpaired) electrons. The monoisotopic (exact) mass is 489 g/mol. The molecule has 182 valence electrons. The van der Waals surface area contributed by atoms with Crippen LogP contribution < -0.4 is 9.47 Å². The smallest absolute Gasteiger partial charge is 0.339 e. The van der Waals surface area contributed by atoms with Crippen molar-refractivity contribution < 1.29 is 19.0 Å². The van der Waals surface area contributed by atoms with Crippen molar-refractivity contribution in [1.82, 2.24) is 14.4 Å². The SMILES string of the molecule is Cc1cccn2cc(COC(=O)c3c4c(nc5ccccc35)/C(=C/c3ccc5c(c3)OCO5)CC4)nc12. The van der Waals surface area contributed by atoms with E-state index in [1.165, 1.54) is 0 Å². The summed E-state index contributed by atoms with van der Waals surface area (Å²) < 4.78 is 18.7. The molecule has 0 spiro atoms. The van der Waals surface area contributed by atoms with Gasteiger partial charge in [-0.05, 0) is 72.4 Å². The highest BCUT2D eigenvalue weighted by Gasteiger charge is 2.28. The number of carbonyl (C=O) groups is 1. The van der Waals surface area contributed by atoms with Gasteiger partial charge in [-0.1, -0.05) is 30.3 Å². The Hall–Kier alpha value is -4.65. The van der Waals surface area contributed by atoms with Crippen LogP contribution in [-0.4, -0.2) is 27.1 Å². The quantitative estimate of drug-likeness (QED) is 0.299. The number of imidazole rings is 1.